The van der Waals surface area contributed by atoms with Crippen molar-refractivity contribution in [1.29, 1.82) is 0 Å². The van der Waals surface area contributed by atoms with E-state index in [9.17, 15) is 13.2 Å². The zero-order valence-electron chi connectivity index (χ0n) is 7.41. The molecular formula is C8H14O3S. The Balaban J connectivity index is 2.74. The lowest BCUT2D eigenvalue weighted by Gasteiger charge is -2.09. The smallest absolute Gasteiger partial charge is 0.157 e. The summed E-state index contributed by atoms with van der Waals surface area (Å²) in [6.07, 6.45) is 3.31. The van der Waals surface area contributed by atoms with Crippen molar-refractivity contribution < 1.29 is 13.2 Å². The van der Waals surface area contributed by atoms with Crippen molar-refractivity contribution in [3.63, 3.8) is 0 Å². The van der Waals surface area contributed by atoms with Crippen molar-refractivity contribution in [2.24, 2.45) is 5.92 Å². The summed E-state index contributed by atoms with van der Waals surface area (Å²) < 4.78 is 22.2. The normalized spacial score (nSPS) is 20.5. The monoisotopic (exact) mass is 190 g/mol. The molecule has 0 spiro atoms. The van der Waals surface area contributed by atoms with Crippen molar-refractivity contribution in [3.05, 3.63) is 0 Å². The second-order valence-corrected chi connectivity index (χ2v) is 5.63. The van der Waals surface area contributed by atoms with Crippen LogP contribution < -0.4 is 0 Å². The minimum Gasteiger partial charge on any atom is -0.298 e. The zero-order chi connectivity index (χ0) is 9.35. The largest absolute Gasteiger partial charge is 0.298 e. The maximum atomic E-state index is 11.4. The molecule has 1 atom stereocenters. The van der Waals surface area contributed by atoms with Crippen molar-refractivity contribution in [2.45, 2.75) is 31.4 Å². The zero-order valence-corrected chi connectivity index (χ0v) is 8.23. The first-order chi connectivity index (χ1) is 5.46. The first-order valence-corrected chi connectivity index (χ1v) is 6.15. The first kappa shape index (κ1) is 9.71. The molecule has 12 heavy (non-hydrogen) atoms. The number of hydrogen-bond acceptors (Lipinski definition) is 3. The number of hydrogen-bond donors (Lipinski definition) is 0. The van der Waals surface area contributed by atoms with Crippen LogP contribution in [0.3, 0.4) is 0 Å². The molecule has 0 saturated heterocycles. The van der Waals surface area contributed by atoms with E-state index in [0.717, 1.165) is 19.1 Å². The van der Waals surface area contributed by atoms with Crippen LogP contribution in [-0.4, -0.2) is 25.7 Å². The Hall–Kier alpha value is -0.380. The fraction of sp³-hybridized carbons (Fsp3) is 0.875. The maximum Gasteiger partial charge on any atom is 0.157 e. The van der Waals surface area contributed by atoms with Crippen LogP contribution in [0.25, 0.3) is 0 Å². The predicted octanol–water partition coefficient (Wildman–Crippen LogP) is 0.789. The highest BCUT2D eigenvalue weighted by molar-refractivity contribution is 7.92. The molecule has 0 aromatic carbocycles. The number of rotatable bonds is 4. The van der Waals surface area contributed by atoms with Crippen LogP contribution in [0.5, 0.6) is 0 Å². The predicted molar refractivity (Wildman–Crippen MR) is 46.7 cm³/mol. The van der Waals surface area contributed by atoms with E-state index in [1.807, 2.05) is 0 Å². The molecule has 0 radical (unpaired) electrons. The molecule has 0 N–H and O–H groups in total. The summed E-state index contributed by atoms with van der Waals surface area (Å²) in [4.78, 5) is 11.4. The Morgan fingerprint density at radius 2 is 2.00 bits per heavy atom. The van der Waals surface area contributed by atoms with Gasteiger partial charge in [0.2, 0.25) is 0 Å². The van der Waals surface area contributed by atoms with Gasteiger partial charge >= 0.3 is 0 Å². The molecule has 0 bridgehead atoms. The second kappa shape index (κ2) is 3.17. The Labute approximate surface area is 73.1 Å². The highest BCUT2D eigenvalue weighted by atomic mass is 32.2. The molecule has 1 aliphatic carbocycles. The first-order valence-electron chi connectivity index (χ1n) is 4.19. The number of carbonyl (C=O) groups is 1. The van der Waals surface area contributed by atoms with Crippen molar-refractivity contribution in [3.8, 4) is 0 Å². The molecule has 0 amide bonds. The van der Waals surface area contributed by atoms with Gasteiger partial charge in [-0.1, -0.05) is 6.92 Å². The van der Waals surface area contributed by atoms with Crippen LogP contribution in [0.4, 0.5) is 0 Å². The van der Waals surface area contributed by atoms with Crippen molar-refractivity contribution in [2.75, 3.05) is 6.26 Å². The van der Waals surface area contributed by atoms with E-state index < -0.39 is 15.1 Å². The Morgan fingerprint density at radius 3 is 2.25 bits per heavy atom. The molecule has 0 aromatic rings. The van der Waals surface area contributed by atoms with E-state index in [2.05, 4.69) is 0 Å². The van der Waals surface area contributed by atoms with Gasteiger partial charge in [0, 0.05) is 12.2 Å². The van der Waals surface area contributed by atoms with Gasteiger partial charge < -0.3 is 0 Å². The van der Waals surface area contributed by atoms with Gasteiger partial charge in [-0.3, -0.25) is 4.79 Å². The van der Waals surface area contributed by atoms with Crippen molar-refractivity contribution >= 4 is 15.6 Å². The molecule has 1 fully saturated rings. The standard InChI is InChI=1S/C8H14O3S/c1-3-7(12(2,10)11)8(9)6-4-5-6/h6-7H,3-5H2,1-2H3. The number of sulfone groups is 1. The molecule has 4 heteroatoms. The molecule has 1 unspecified atom stereocenters. The fourth-order valence-electron chi connectivity index (χ4n) is 1.35. The van der Waals surface area contributed by atoms with Gasteiger partial charge in [0.25, 0.3) is 0 Å². The summed E-state index contributed by atoms with van der Waals surface area (Å²) in [5.41, 5.74) is 0. The van der Waals surface area contributed by atoms with E-state index in [4.69, 9.17) is 0 Å². The molecule has 0 aromatic heterocycles. The fourth-order valence-corrected chi connectivity index (χ4v) is 2.57. The maximum absolute atomic E-state index is 11.4. The van der Waals surface area contributed by atoms with Gasteiger partial charge in [0.05, 0.1) is 0 Å². The minimum atomic E-state index is -3.17. The average molecular weight is 190 g/mol. The molecule has 70 valence electrons. The second-order valence-electron chi connectivity index (χ2n) is 3.40. The van der Waals surface area contributed by atoms with Crippen LogP contribution in [0.15, 0.2) is 0 Å². The molecule has 1 aliphatic rings. The highest BCUT2D eigenvalue weighted by Crippen LogP contribution is 2.32. The molecular weight excluding hydrogens is 176 g/mol. The summed E-state index contributed by atoms with van der Waals surface area (Å²) in [5.74, 6) is -0.0234. The van der Waals surface area contributed by atoms with Gasteiger partial charge in [-0.15, -0.1) is 0 Å². The van der Waals surface area contributed by atoms with E-state index in [1.54, 1.807) is 6.92 Å². The Morgan fingerprint density at radius 1 is 1.50 bits per heavy atom. The lowest BCUT2D eigenvalue weighted by Crippen LogP contribution is -2.29. The van der Waals surface area contributed by atoms with E-state index in [1.165, 1.54) is 0 Å². The third-order valence-corrected chi connectivity index (χ3v) is 3.78. The molecule has 1 saturated carbocycles. The minimum absolute atomic E-state index is 0.0460. The molecule has 0 aliphatic heterocycles. The van der Waals surface area contributed by atoms with Crippen LogP contribution >= 0.6 is 0 Å². The van der Waals surface area contributed by atoms with Gasteiger partial charge in [0.15, 0.2) is 15.6 Å². The topological polar surface area (TPSA) is 51.2 Å². The highest BCUT2D eigenvalue weighted by Gasteiger charge is 2.38. The van der Waals surface area contributed by atoms with Gasteiger partial charge in [-0.2, -0.15) is 0 Å². The summed E-state index contributed by atoms with van der Waals surface area (Å²) in [5, 5.41) is -0.745. The van der Waals surface area contributed by atoms with Crippen LogP contribution in [0.1, 0.15) is 26.2 Å². The molecule has 0 heterocycles. The lowest BCUT2D eigenvalue weighted by atomic mass is 10.1. The Bertz CT molecular complexity index is 275. The lowest BCUT2D eigenvalue weighted by molar-refractivity contribution is -0.119. The summed E-state index contributed by atoms with van der Waals surface area (Å²) >= 11 is 0. The summed E-state index contributed by atoms with van der Waals surface area (Å²) in [7, 11) is -3.17. The van der Waals surface area contributed by atoms with E-state index in [-0.39, 0.29) is 11.7 Å². The van der Waals surface area contributed by atoms with Crippen LogP contribution in [-0.2, 0) is 14.6 Å². The third-order valence-electron chi connectivity index (χ3n) is 2.18. The van der Waals surface area contributed by atoms with E-state index in [0.29, 0.717) is 6.42 Å². The van der Waals surface area contributed by atoms with Crippen LogP contribution in [0, 0.1) is 5.92 Å². The van der Waals surface area contributed by atoms with Gasteiger partial charge in [0.1, 0.15) is 5.25 Å². The number of Topliss-reactive ketones (excluding diaryl/α,β-unsaturated/α-hetero) is 1. The summed E-state index contributed by atoms with van der Waals surface area (Å²) in [6.45, 7) is 1.74. The summed E-state index contributed by atoms with van der Waals surface area (Å²) in [6, 6.07) is 0. The van der Waals surface area contributed by atoms with Gasteiger partial charge in [-0.25, -0.2) is 8.42 Å². The van der Waals surface area contributed by atoms with E-state index >= 15 is 0 Å². The third kappa shape index (κ3) is 2.06. The SMILES string of the molecule is CCC(C(=O)C1CC1)S(C)(=O)=O. The quantitative estimate of drug-likeness (QED) is 0.658. The number of ketones is 1. The molecule has 1 rings (SSSR count). The van der Waals surface area contributed by atoms with Crippen LogP contribution in [0.2, 0.25) is 0 Å². The number of carbonyl (C=O) groups excluding carboxylic acids is 1. The molecule has 3 nitrogen and oxygen atoms in total. The van der Waals surface area contributed by atoms with Crippen molar-refractivity contribution in [1.82, 2.24) is 0 Å². The Kier molecular flexibility index (Phi) is 2.56. The van der Waals surface area contributed by atoms with Gasteiger partial charge in [-0.05, 0) is 19.3 Å². The average Bonchev–Trinajstić information content (AvgIpc) is 2.65.